The second-order valence-electron chi connectivity index (χ2n) is 7.28. The number of carbonyl (C=O) groups is 1. The minimum Gasteiger partial charge on any atom is -0.486 e. The van der Waals surface area contributed by atoms with E-state index in [1.807, 2.05) is 6.92 Å². The van der Waals surface area contributed by atoms with Crippen molar-refractivity contribution < 1.29 is 18.7 Å². The van der Waals surface area contributed by atoms with Gasteiger partial charge >= 0.3 is 0 Å². The molecule has 1 aromatic rings. The summed E-state index contributed by atoms with van der Waals surface area (Å²) in [5.41, 5.74) is 0. The number of hydrogen-bond donors (Lipinski definition) is 2. The smallest absolute Gasteiger partial charge is 0.243 e. The molecule has 1 heterocycles. The number of rotatable bonds is 9. The van der Waals surface area contributed by atoms with Crippen LogP contribution in [0.5, 0.6) is 5.75 Å². The Hall–Kier alpha value is -1.62. The lowest BCUT2D eigenvalue weighted by atomic mass is 10.1. The van der Waals surface area contributed by atoms with Crippen molar-refractivity contribution in [2.75, 3.05) is 40.3 Å². The highest BCUT2D eigenvalue weighted by Gasteiger charge is 2.16. The molecule has 1 aliphatic rings. The molecule has 2 atom stereocenters. The van der Waals surface area contributed by atoms with Gasteiger partial charge in [-0.1, -0.05) is 19.1 Å². The molecular formula is C21H34FIN4O3. The number of para-hydroxylation sites is 1. The van der Waals surface area contributed by atoms with E-state index in [0.717, 1.165) is 25.9 Å². The van der Waals surface area contributed by atoms with Crippen LogP contribution in [0, 0.1) is 5.82 Å². The van der Waals surface area contributed by atoms with Gasteiger partial charge in [-0.05, 0) is 37.8 Å². The molecule has 0 spiro atoms. The molecule has 2 unspecified atom stereocenters. The Bertz CT molecular complexity index is 669. The number of benzene rings is 1. The molecule has 2 rings (SSSR count). The Morgan fingerprint density at radius 2 is 2.10 bits per heavy atom. The van der Waals surface area contributed by atoms with Crippen LogP contribution < -0.4 is 15.4 Å². The summed E-state index contributed by atoms with van der Waals surface area (Å²) in [4.78, 5) is 17.8. The number of aliphatic imine (C=N–C) groups is 1. The first-order chi connectivity index (χ1) is 14.0. The van der Waals surface area contributed by atoms with E-state index in [-0.39, 0.29) is 60.2 Å². The van der Waals surface area contributed by atoms with Crippen LogP contribution in [0.2, 0.25) is 0 Å². The minimum absolute atomic E-state index is 0. The highest BCUT2D eigenvalue weighted by Crippen LogP contribution is 2.17. The maximum Gasteiger partial charge on any atom is 0.243 e. The second-order valence-corrected chi connectivity index (χ2v) is 7.28. The lowest BCUT2D eigenvalue weighted by Gasteiger charge is -2.25. The minimum atomic E-state index is -0.385. The van der Waals surface area contributed by atoms with Crippen LogP contribution >= 0.6 is 24.0 Å². The van der Waals surface area contributed by atoms with Crippen LogP contribution in [-0.2, 0) is 9.53 Å². The number of halogens is 2. The van der Waals surface area contributed by atoms with Crippen LogP contribution in [0.3, 0.4) is 0 Å². The third-order valence-electron chi connectivity index (χ3n) is 4.73. The Balaban J connectivity index is 0.00000450. The van der Waals surface area contributed by atoms with Gasteiger partial charge in [-0.3, -0.25) is 4.79 Å². The van der Waals surface area contributed by atoms with Crippen LogP contribution in [-0.4, -0.2) is 69.3 Å². The van der Waals surface area contributed by atoms with Gasteiger partial charge in [0.15, 0.2) is 17.5 Å². The van der Waals surface area contributed by atoms with Gasteiger partial charge in [0.2, 0.25) is 5.91 Å². The first kappa shape index (κ1) is 26.4. The van der Waals surface area contributed by atoms with Gasteiger partial charge in [-0.25, -0.2) is 9.38 Å². The normalized spacial score (nSPS) is 17.5. The van der Waals surface area contributed by atoms with E-state index in [0.29, 0.717) is 25.5 Å². The molecular weight excluding hydrogens is 502 g/mol. The van der Waals surface area contributed by atoms with Gasteiger partial charge in [0, 0.05) is 27.2 Å². The molecule has 0 bridgehead atoms. The van der Waals surface area contributed by atoms with E-state index >= 15 is 0 Å². The molecule has 1 fully saturated rings. The predicted octanol–water partition coefficient (Wildman–Crippen LogP) is 2.79. The summed E-state index contributed by atoms with van der Waals surface area (Å²) in [6.07, 6.45) is 3.84. The van der Waals surface area contributed by atoms with Gasteiger partial charge in [0.05, 0.1) is 12.6 Å². The molecule has 1 amide bonds. The summed E-state index contributed by atoms with van der Waals surface area (Å²) < 4.78 is 25.4. The zero-order valence-corrected chi connectivity index (χ0v) is 20.4. The number of carbonyl (C=O) groups excluding carboxylic acids is 1. The molecule has 0 saturated carbocycles. The zero-order chi connectivity index (χ0) is 21.1. The number of likely N-dealkylation sites (N-methyl/N-ethyl adjacent to an activating group) is 1. The van der Waals surface area contributed by atoms with Gasteiger partial charge in [-0.2, -0.15) is 0 Å². The zero-order valence-electron chi connectivity index (χ0n) is 18.0. The highest BCUT2D eigenvalue weighted by molar-refractivity contribution is 14.0. The molecule has 7 nitrogen and oxygen atoms in total. The summed E-state index contributed by atoms with van der Waals surface area (Å²) >= 11 is 0. The van der Waals surface area contributed by atoms with E-state index in [4.69, 9.17) is 9.47 Å². The van der Waals surface area contributed by atoms with Crippen molar-refractivity contribution in [3.05, 3.63) is 30.1 Å². The molecule has 30 heavy (non-hydrogen) atoms. The Morgan fingerprint density at radius 3 is 2.73 bits per heavy atom. The number of ether oxygens (including phenoxy) is 2. The summed E-state index contributed by atoms with van der Waals surface area (Å²) in [5.74, 6) is 0.273. The summed E-state index contributed by atoms with van der Waals surface area (Å²) in [5, 5.41) is 6.46. The molecule has 1 aliphatic heterocycles. The molecule has 0 radical (unpaired) electrons. The van der Waals surface area contributed by atoms with Crippen LogP contribution in [0.15, 0.2) is 29.3 Å². The van der Waals surface area contributed by atoms with Crippen LogP contribution in [0.25, 0.3) is 0 Å². The fourth-order valence-corrected chi connectivity index (χ4v) is 2.84. The van der Waals surface area contributed by atoms with Gasteiger partial charge < -0.3 is 25.0 Å². The number of nitrogens with zero attached hydrogens (tertiary/aromatic N) is 2. The van der Waals surface area contributed by atoms with Crippen molar-refractivity contribution in [1.29, 1.82) is 0 Å². The maximum atomic E-state index is 13.9. The van der Waals surface area contributed by atoms with Gasteiger partial charge in [0.1, 0.15) is 12.6 Å². The summed E-state index contributed by atoms with van der Waals surface area (Å²) in [6.45, 7) is 3.84. The van der Waals surface area contributed by atoms with Gasteiger partial charge in [0.25, 0.3) is 0 Å². The predicted molar refractivity (Wildman–Crippen MR) is 127 cm³/mol. The van der Waals surface area contributed by atoms with Crippen molar-refractivity contribution in [2.45, 2.75) is 44.8 Å². The van der Waals surface area contributed by atoms with E-state index in [1.165, 1.54) is 11.0 Å². The van der Waals surface area contributed by atoms with Crippen molar-refractivity contribution in [3.63, 3.8) is 0 Å². The summed E-state index contributed by atoms with van der Waals surface area (Å²) in [7, 11) is 3.40. The fourth-order valence-electron chi connectivity index (χ4n) is 2.84. The molecule has 1 saturated heterocycles. The third-order valence-corrected chi connectivity index (χ3v) is 4.73. The van der Waals surface area contributed by atoms with Crippen molar-refractivity contribution >= 4 is 35.8 Å². The Labute approximate surface area is 195 Å². The quantitative estimate of drug-likeness (QED) is 0.289. The average Bonchev–Trinajstić information content (AvgIpc) is 2.73. The lowest BCUT2D eigenvalue weighted by molar-refractivity contribution is -0.127. The first-order valence-electron chi connectivity index (χ1n) is 10.2. The molecule has 1 aromatic carbocycles. The first-order valence-corrected chi connectivity index (χ1v) is 10.2. The van der Waals surface area contributed by atoms with Crippen LogP contribution in [0.4, 0.5) is 4.39 Å². The molecule has 170 valence electrons. The molecule has 0 aromatic heterocycles. The van der Waals surface area contributed by atoms with E-state index in [2.05, 4.69) is 15.6 Å². The van der Waals surface area contributed by atoms with E-state index in [9.17, 15) is 9.18 Å². The van der Waals surface area contributed by atoms with E-state index in [1.54, 1.807) is 32.3 Å². The lowest BCUT2D eigenvalue weighted by Crippen LogP contribution is -2.46. The van der Waals surface area contributed by atoms with Crippen molar-refractivity contribution in [2.24, 2.45) is 4.99 Å². The number of hydrogen-bond acceptors (Lipinski definition) is 4. The molecule has 2 N–H and O–H groups in total. The largest absolute Gasteiger partial charge is 0.486 e. The molecule has 0 aliphatic carbocycles. The Kier molecular flexibility index (Phi) is 12.7. The Morgan fingerprint density at radius 1 is 1.33 bits per heavy atom. The van der Waals surface area contributed by atoms with Gasteiger partial charge in [-0.15, -0.1) is 24.0 Å². The van der Waals surface area contributed by atoms with Crippen molar-refractivity contribution in [3.8, 4) is 5.75 Å². The third kappa shape index (κ3) is 9.46. The SMILES string of the molecule is CCC(CNC(=NCC(=O)N(C)C)NCC1CCCCO1)Oc1ccccc1F.I. The maximum absolute atomic E-state index is 13.9. The fraction of sp³-hybridized carbons (Fsp3) is 0.619. The standard InChI is InChI=1S/C21H33FN4O3.HI/c1-4-16(29-19-11-6-5-10-18(19)22)13-23-21(25-15-20(27)26(2)3)24-14-17-9-7-8-12-28-17;/h5-6,10-11,16-17H,4,7-9,12-15H2,1-3H3,(H2,23,24,25);1H. The second kappa shape index (κ2) is 14.4. The number of nitrogens with one attached hydrogen (secondary N) is 2. The van der Waals surface area contributed by atoms with Crippen molar-refractivity contribution in [1.82, 2.24) is 15.5 Å². The summed E-state index contributed by atoms with van der Waals surface area (Å²) in [6, 6.07) is 6.36. The van der Waals surface area contributed by atoms with Crippen LogP contribution in [0.1, 0.15) is 32.6 Å². The van der Waals surface area contributed by atoms with E-state index < -0.39 is 0 Å². The average molecular weight is 536 g/mol. The number of guanidine groups is 1. The number of amides is 1. The monoisotopic (exact) mass is 536 g/mol. The topological polar surface area (TPSA) is 75.2 Å². The molecule has 9 heteroatoms. The highest BCUT2D eigenvalue weighted by atomic mass is 127.